The molecule has 0 radical (unpaired) electrons. The minimum absolute atomic E-state index is 0.177. The van der Waals surface area contributed by atoms with Crippen molar-refractivity contribution in [1.82, 2.24) is 10.2 Å². The Balaban J connectivity index is 1.85. The molecule has 1 heterocycles. The fourth-order valence-corrected chi connectivity index (χ4v) is 3.13. The number of amides is 2. The molecule has 0 aromatic rings. The number of carbonyl (C=O) groups is 1. The maximum atomic E-state index is 12.2. The average Bonchev–Trinajstić information content (AvgIpc) is 2.34. The summed E-state index contributed by atoms with van der Waals surface area (Å²) in [6, 6.07) is 1.00. The van der Waals surface area contributed by atoms with Crippen molar-refractivity contribution in [2.45, 2.75) is 70.9 Å². The second-order valence-electron chi connectivity index (χ2n) is 5.84. The molecular weight excluding hydrogens is 212 g/mol. The first kappa shape index (κ1) is 12.7. The number of rotatable bonds is 1. The van der Waals surface area contributed by atoms with Gasteiger partial charge in [0.25, 0.3) is 0 Å². The third kappa shape index (κ3) is 3.14. The van der Waals surface area contributed by atoms with Gasteiger partial charge in [-0.2, -0.15) is 0 Å². The van der Waals surface area contributed by atoms with Gasteiger partial charge in [0.05, 0.1) is 0 Å². The Morgan fingerprint density at radius 1 is 1.06 bits per heavy atom. The van der Waals surface area contributed by atoms with Crippen molar-refractivity contribution in [2.75, 3.05) is 6.54 Å². The summed E-state index contributed by atoms with van der Waals surface area (Å²) in [6.07, 6.45) is 8.64. The van der Waals surface area contributed by atoms with E-state index in [1.54, 1.807) is 0 Å². The van der Waals surface area contributed by atoms with Crippen LogP contribution < -0.4 is 5.32 Å². The van der Waals surface area contributed by atoms with Crippen molar-refractivity contribution in [3.8, 4) is 0 Å². The van der Waals surface area contributed by atoms with Gasteiger partial charge in [-0.05, 0) is 38.5 Å². The zero-order chi connectivity index (χ0) is 12.3. The van der Waals surface area contributed by atoms with E-state index in [0.29, 0.717) is 18.0 Å². The maximum absolute atomic E-state index is 12.2. The SMILES string of the molecule is CC1CCCN(C(=O)NC2CCCCC2)C1C. The van der Waals surface area contributed by atoms with Crippen LogP contribution in [0.2, 0.25) is 0 Å². The summed E-state index contributed by atoms with van der Waals surface area (Å²) in [5, 5.41) is 3.23. The van der Waals surface area contributed by atoms with E-state index >= 15 is 0 Å². The van der Waals surface area contributed by atoms with Gasteiger partial charge in [-0.15, -0.1) is 0 Å². The van der Waals surface area contributed by atoms with Crippen molar-refractivity contribution >= 4 is 6.03 Å². The summed E-state index contributed by atoms with van der Waals surface area (Å²) in [4.78, 5) is 14.3. The summed E-state index contributed by atoms with van der Waals surface area (Å²) in [7, 11) is 0. The fraction of sp³-hybridized carbons (Fsp3) is 0.929. The molecule has 2 amide bonds. The Morgan fingerprint density at radius 3 is 2.47 bits per heavy atom. The summed E-state index contributed by atoms with van der Waals surface area (Å²) >= 11 is 0. The highest BCUT2D eigenvalue weighted by atomic mass is 16.2. The molecular formula is C14H26N2O. The first-order chi connectivity index (χ1) is 8.18. The van der Waals surface area contributed by atoms with Crippen LogP contribution in [0.5, 0.6) is 0 Å². The number of carbonyl (C=O) groups excluding carboxylic acids is 1. The van der Waals surface area contributed by atoms with E-state index < -0.39 is 0 Å². The van der Waals surface area contributed by atoms with Crippen LogP contribution in [0.4, 0.5) is 4.79 Å². The highest BCUT2D eigenvalue weighted by molar-refractivity contribution is 5.75. The third-order valence-corrected chi connectivity index (χ3v) is 4.57. The predicted molar refractivity (Wildman–Crippen MR) is 70.0 cm³/mol. The molecule has 0 bridgehead atoms. The van der Waals surface area contributed by atoms with Gasteiger partial charge in [-0.3, -0.25) is 0 Å². The molecule has 2 rings (SSSR count). The Kier molecular flexibility index (Phi) is 4.30. The Morgan fingerprint density at radius 2 is 1.76 bits per heavy atom. The van der Waals surface area contributed by atoms with Crippen LogP contribution >= 0.6 is 0 Å². The van der Waals surface area contributed by atoms with Crippen molar-refractivity contribution in [2.24, 2.45) is 5.92 Å². The van der Waals surface area contributed by atoms with Crippen LogP contribution in [0.15, 0.2) is 0 Å². The predicted octanol–water partition coefficient (Wildman–Crippen LogP) is 3.15. The minimum Gasteiger partial charge on any atom is -0.335 e. The van der Waals surface area contributed by atoms with E-state index in [1.807, 2.05) is 4.90 Å². The van der Waals surface area contributed by atoms with E-state index in [1.165, 1.54) is 38.5 Å². The third-order valence-electron chi connectivity index (χ3n) is 4.57. The zero-order valence-electron chi connectivity index (χ0n) is 11.2. The van der Waals surface area contributed by atoms with Crippen LogP contribution in [-0.4, -0.2) is 29.6 Å². The molecule has 2 aliphatic rings. The highest BCUT2D eigenvalue weighted by Crippen LogP contribution is 2.23. The second kappa shape index (κ2) is 5.74. The van der Waals surface area contributed by atoms with Crippen molar-refractivity contribution in [3.63, 3.8) is 0 Å². The Labute approximate surface area is 105 Å². The molecule has 2 unspecified atom stereocenters. The lowest BCUT2D eigenvalue weighted by molar-refractivity contribution is 0.124. The smallest absolute Gasteiger partial charge is 0.317 e. The number of piperidine rings is 1. The molecule has 1 aliphatic heterocycles. The van der Waals surface area contributed by atoms with Crippen molar-refractivity contribution in [1.29, 1.82) is 0 Å². The van der Waals surface area contributed by atoms with E-state index in [4.69, 9.17) is 0 Å². The molecule has 2 fully saturated rings. The van der Waals surface area contributed by atoms with Crippen molar-refractivity contribution < 1.29 is 4.79 Å². The van der Waals surface area contributed by atoms with Gasteiger partial charge in [0.2, 0.25) is 0 Å². The van der Waals surface area contributed by atoms with Gasteiger partial charge in [-0.25, -0.2) is 4.79 Å². The largest absolute Gasteiger partial charge is 0.335 e. The van der Waals surface area contributed by atoms with Gasteiger partial charge in [0.15, 0.2) is 0 Å². The fourth-order valence-electron chi connectivity index (χ4n) is 3.13. The van der Waals surface area contributed by atoms with Crippen molar-refractivity contribution in [3.05, 3.63) is 0 Å². The lowest BCUT2D eigenvalue weighted by Crippen LogP contribution is -2.52. The number of nitrogens with zero attached hydrogens (tertiary/aromatic N) is 1. The molecule has 0 aromatic carbocycles. The normalized spacial score (nSPS) is 31.3. The van der Waals surface area contributed by atoms with Gasteiger partial charge < -0.3 is 10.2 Å². The lowest BCUT2D eigenvalue weighted by Gasteiger charge is -2.39. The van der Waals surface area contributed by atoms with E-state index in [0.717, 1.165) is 13.0 Å². The molecule has 17 heavy (non-hydrogen) atoms. The van der Waals surface area contributed by atoms with Crippen LogP contribution in [0.1, 0.15) is 58.8 Å². The van der Waals surface area contributed by atoms with E-state index in [2.05, 4.69) is 19.2 Å². The van der Waals surface area contributed by atoms with Crippen LogP contribution in [0.3, 0.4) is 0 Å². The monoisotopic (exact) mass is 238 g/mol. The van der Waals surface area contributed by atoms with Gasteiger partial charge in [0.1, 0.15) is 0 Å². The molecule has 1 saturated heterocycles. The number of likely N-dealkylation sites (tertiary alicyclic amines) is 1. The molecule has 0 aromatic heterocycles. The van der Waals surface area contributed by atoms with Gasteiger partial charge in [-0.1, -0.05) is 26.2 Å². The quantitative estimate of drug-likeness (QED) is 0.748. The van der Waals surface area contributed by atoms with E-state index in [-0.39, 0.29) is 6.03 Å². The molecule has 98 valence electrons. The topological polar surface area (TPSA) is 32.3 Å². The zero-order valence-corrected chi connectivity index (χ0v) is 11.2. The summed E-state index contributed by atoms with van der Waals surface area (Å²) in [6.45, 7) is 5.37. The van der Waals surface area contributed by atoms with Crippen LogP contribution in [0, 0.1) is 5.92 Å². The highest BCUT2D eigenvalue weighted by Gasteiger charge is 2.29. The number of nitrogens with one attached hydrogen (secondary N) is 1. The molecule has 2 atom stereocenters. The lowest BCUT2D eigenvalue weighted by atomic mass is 9.92. The Bertz CT molecular complexity index is 261. The first-order valence-corrected chi connectivity index (χ1v) is 7.25. The molecule has 1 N–H and O–H groups in total. The standard InChI is InChI=1S/C14H26N2O/c1-11-7-6-10-16(12(11)2)14(17)15-13-8-4-3-5-9-13/h11-13H,3-10H2,1-2H3,(H,15,17). The second-order valence-corrected chi connectivity index (χ2v) is 5.84. The minimum atomic E-state index is 0.177. The number of hydrogen-bond donors (Lipinski definition) is 1. The van der Waals surface area contributed by atoms with Crippen LogP contribution in [-0.2, 0) is 0 Å². The summed E-state index contributed by atoms with van der Waals surface area (Å²) in [5.74, 6) is 0.640. The van der Waals surface area contributed by atoms with Gasteiger partial charge in [0, 0.05) is 18.6 Å². The first-order valence-electron chi connectivity index (χ1n) is 7.25. The van der Waals surface area contributed by atoms with Gasteiger partial charge >= 0.3 is 6.03 Å². The molecule has 1 saturated carbocycles. The molecule has 1 aliphatic carbocycles. The molecule has 3 heteroatoms. The summed E-state index contributed by atoms with van der Waals surface area (Å²) < 4.78 is 0. The number of hydrogen-bond acceptors (Lipinski definition) is 1. The average molecular weight is 238 g/mol. The summed E-state index contributed by atoms with van der Waals surface area (Å²) in [5.41, 5.74) is 0. The number of urea groups is 1. The maximum Gasteiger partial charge on any atom is 0.317 e. The van der Waals surface area contributed by atoms with Crippen LogP contribution in [0.25, 0.3) is 0 Å². The van der Waals surface area contributed by atoms with E-state index in [9.17, 15) is 4.79 Å². The molecule has 0 spiro atoms. The molecule has 3 nitrogen and oxygen atoms in total. The Hall–Kier alpha value is -0.730.